The molecule has 0 amide bonds. The lowest BCUT2D eigenvalue weighted by Gasteiger charge is -2.28. The van der Waals surface area contributed by atoms with Crippen LogP contribution in [0.1, 0.15) is 194 Å². The van der Waals surface area contributed by atoms with Gasteiger partial charge in [-0.25, -0.2) is 0 Å². The number of nitrogens with zero attached hydrogens (tertiary/aromatic N) is 1. The topological polar surface area (TPSA) is 111 Å². The number of phosphoric acid groups is 1. The molecule has 0 aromatic rings. The summed E-state index contributed by atoms with van der Waals surface area (Å²) < 4.78 is 33.7. The molecule has 2 unspecified atom stereocenters. The number of phosphoric ester groups is 1. The third kappa shape index (κ3) is 53.8. The van der Waals surface area contributed by atoms with Gasteiger partial charge in [-0.2, -0.15) is 0 Å². The fourth-order valence-corrected chi connectivity index (χ4v) is 7.53. The number of hydrogen-bond acceptors (Lipinski definition) is 8. The van der Waals surface area contributed by atoms with Gasteiger partial charge >= 0.3 is 11.9 Å². The summed E-state index contributed by atoms with van der Waals surface area (Å²) in [7, 11) is 1.15. The van der Waals surface area contributed by atoms with Gasteiger partial charge < -0.3 is 27.9 Å². The van der Waals surface area contributed by atoms with Gasteiger partial charge in [0.2, 0.25) is 0 Å². The van der Waals surface area contributed by atoms with Crippen LogP contribution in [0.4, 0.5) is 0 Å². The minimum atomic E-state index is -4.62. The molecule has 0 aliphatic heterocycles. The Morgan fingerprint density at radius 2 is 0.814 bits per heavy atom. The van der Waals surface area contributed by atoms with Crippen molar-refractivity contribution in [2.24, 2.45) is 0 Å². The largest absolute Gasteiger partial charge is 0.756 e. The van der Waals surface area contributed by atoms with E-state index in [9.17, 15) is 19.0 Å². The van der Waals surface area contributed by atoms with Crippen molar-refractivity contribution >= 4 is 19.8 Å². The normalized spacial score (nSPS) is 14.3. The molecule has 0 saturated heterocycles. The van der Waals surface area contributed by atoms with E-state index in [0.29, 0.717) is 17.4 Å². The summed E-state index contributed by atoms with van der Waals surface area (Å²) in [6, 6.07) is 0. The van der Waals surface area contributed by atoms with Crippen molar-refractivity contribution in [3.63, 3.8) is 0 Å². The Balaban J connectivity index is 3.94. The molecular formula is C60H100NO8P. The maximum absolute atomic E-state index is 12.7. The number of carbonyl (C=O) groups excluding carboxylic acids is 2. The predicted molar refractivity (Wildman–Crippen MR) is 295 cm³/mol. The van der Waals surface area contributed by atoms with Crippen molar-refractivity contribution in [3.8, 4) is 0 Å². The molecule has 0 N–H and O–H groups in total. The third-order valence-electron chi connectivity index (χ3n) is 11.0. The maximum Gasteiger partial charge on any atom is 0.306 e. The van der Waals surface area contributed by atoms with E-state index in [4.69, 9.17) is 18.5 Å². The van der Waals surface area contributed by atoms with Crippen LogP contribution < -0.4 is 4.89 Å². The minimum absolute atomic E-state index is 0.0362. The van der Waals surface area contributed by atoms with Gasteiger partial charge in [0.25, 0.3) is 7.82 Å². The van der Waals surface area contributed by atoms with Crippen LogP contribution in [0.2, 0.25) is 0 Å². The molecule has 0 heterocycles. The summed E-state index contributed by atoms with van der Waals surface area (Å²) in [5, 5.41) is 0. The van der Waals surface area contributed by atoms with Crippen LogP contribution in [0.15, 0.2) is 122 Å². The van der Waals surface area contributed by atoms with Gasteiger partial charge in [0.05, 0.1) is 27.7 Å². The Morgan fingerprint density at radius 3 is 1.21 bits per heavy atom. The SMILES string of the molecule is CC/C=C\C/C=C\C/C=C\C/C=C\C/C=C\C/C=C\C/C=C\C/C=C\C/C=C\C/C=C\CCCCCCCCCCCCC(=O)OC(COC(=O)CCCCCCC)COP(=O)([O-])OCC[N+](C)(C)C. The first-order valence-corrected chi connectivity index (χ1v) is 28.7. The molecule has 0 bridgehead atoms. The summed E-state index contributed by atoms with van der Waals surface area (Å²) in [6.45, 7) is 3.99. The van der Waals surface area contributed by atoms with Crippen molar-refractivity contribution in [1.29, 1.82) is 0 Å². The molecule has 0 aromatic heterocycles. The first-order chi connectivity index (χ1) is 34.0. The number of likely N-dealkylation sites (N-methyl/N-ethyl adjacent to an activating group) is 1. The van der Waals surface area contributed by atoms with Gasteiger partial charge in [-0.15, -0.1) is 0 Å². The highest BCUT2D eigenvalue weighted by Gasteiger charge is 2.21. The molecule has 0 radical (unpaired) electrons. The number of hydrogen-bond donors (Lipinski definition) is 0. The Bertz CT molecular complexity index is 1590. The Kier molecular flexibility index (Phi) is 47.8. The number of ether oxygens (including phenoxy) is 2. The molecule has 2 atom stereocenters. The van der Waals surface area contributed by atoms with Crippen LogP contribution in [0.5, 0.6) is 0 Å². The van der Waals surface area contributed by atoms with Gasteiger partial charge in [-0.3, -0.25) is 14.2 Å². The van der Waals surface area contributed by atoms with Crippen molar-refractivity contribution in [3.05, 3.63) is 122 Å². The van der Waals surface area contributed by atoms with Crippen LogP contribution in [-0.4, -0.2) is 70.0 Å². The third-order valence-corrected chi connectivity index (χ3v) is 12.0. The highest BCUT2D eigenvalue weighted by molar-refractivity contribution is 7.45. The lowest BCUT2D eigenvalue weighted by atomic mass is 10.0. The summed E-state index contributed by atoms with van der Waals surface area (Å²) in [4.78, 5) is 37.3. The second-order valence-corrected chi connectivity index (χ2v) is 20.3. The second kappa shape index (κ2) is 50.4. The summed E-state index contributed by atoms with van der Waals surface area (Å²) in [5.41, 5.74) is 0. The van der Waals surface area contributed by atoms with E-state index in [1.165, 1.54) is 38.5 Å². The molecule has 0 spiro atoms. The van der Waals surface area contributed by atoms with Crippen LogP contribution in [0.3, 0.4) is 0 Å². The summed E-state index contributed by atoms with van der Waals surface area (Å²) in [5.74, 6) is -0.861. The Labute approximate surface area is 428 Å². The number of carbonyl (C=O) groups is 2. The van der Waals surface area contributed by atoms with Crippen molar-refractivity contribution in [2.75, 3.05) is 47.5 Å². The lowest BCUT2D eigenvalue weighted by Crippen LogP contribution is -2.37. The first kappa shape index (κ1) is 66.4. The van der Waals surface area contributed by atoms with E-state index in [2.05, 4.69) is 135 Å². The van der Waals surface area contributed by atoms with Crippen molar-refractivity contribution in [1.82, 2.24) is 0 Å². The highest BCUT2D eigenvalue weighted by atomic mass is 31.2. The molecule has 0 rings (SSSR count). The molecule has 9 nitrogen and oxygen atoms in total. The smallest absolute Gasteiger partial charge is 0.306 e. The fourth-order valence-electron chi connectivity index (χ4n) is 6.80. The number of allylic oxidation sites excluding steroid dienone is 20. The van der Waals surface area contributed by atoms with E-state index < -0.39 is 32.5 Å². The Morgan fingerprint density at radius 1 is 0.457 bits per heavy atom. The minimum Gasteiger partial charge on any atom is -0.756 e. The standard InChI is InChI=1S/C60H100NO8P/c1-6-8-10-12-13-14-15-16-17-18-19-20-21-22-23-24-25-26-27-28-29-30-31-32-33-34-35-36-37-38-39-40-41-42-43-44-45-46-47-49-51-53-60(63)69-58(56-66-59(62)52-50-48-11-9-7-2)57-68-70(64,65)67-55-54-61(3,4)5/h8,10,13-14,16-17,19-20,22-23,25-26,28-29,31-32,34-35,37-38,58H,6-7,9,11-12,15,18,21,24,27,30,33,36,39-57H2,1-5H3/b10-8-,14-13-,17-16-,20-19-,23-22-,26-25-,29-28-,32-31-,35-34-,38-37-. The zero-order chi connectivity index (χ0) is 51.3. The van der Waals surface area contributed by atoms with Crippen LogP contribution in [0, 0.1) is 0 Å². The zero-order valence-electron chi connectivity index (χ0n) is 44.9. The van der Waals surface area contributed by atoms with E-state index in [0.717, 1.165) is 122 Å². The molecule has 70 heavy (non-hydrogen) atoms. The molecular weight excluding hydrogens is 894 g/mol. The highest BCUT2D eigenvalue weighted by Crippen LogP contribution is 2.38. The van der Waals surface area contributed by atoms with Gasteiger partial charge in [0.15, 0.2) is 6.10 Å². The summed E-state index contributed by atoms with van der Waals surface area (Å²) >= 11 is 0. The first-order valence-electron chi connectivity index (χ1n) is 27.2. The molecule has 0 saturated carbocycles. The quantitative estimate of drug-likeness (QED) is 0.0195. The Hall–Kier alpha value is -3.59. The lowest BCUT2D eigenvalue weighted by molar-refractivity contribution is -0.870. The summed E-state index contributed by atoms with van der Waals surface area (Å²) in [6.07, 6.45) is 71.7. The molecule has 398 valence electrons. The maximum atomic E-state index is 12.7. The number of unbranched alkanes of at least 4 members (excludes halogenated alkanes) is 14. The molecule has 0 aliphatic rings. The van der Waals surface area contributed by atoms with Gasteiger partial charge in [-0.05, 0) is 89.9 Å². The van der Waals surface area contributed by atoms with Crippen molar-refractivity contribution in [2.45, 2.75) is 200 Å². The average Bonchev–Trinajstić information content (AvgIpc) is 3.32. The second-order valence-electron chi connectivity index (χ2n) is 18.9. The van der Waals surface area contributed by atoms with Crippen molar-refractivity contribution < 1.29 is 42.1 Å². The molecule has 0 fully saturated rings. The monoisotopic (exact) mass is 994 g/mol. The predicted octanol–water partition coefficient (Wildman–Crippen LogP) is 16.2. The van der Waals surface area contributed by atoms with Gasteiger partial charge in [0, 0.05) is 12.8 Å². The van der Waals surface area contributed by atoms with Gasteiger partial charge in [-0.1, -0.05) is 212 Å². The number of esters is 2. The van der Waals surface area contributed by atoms with Crippen LogP contribution in [0.25, 0.3) is 0 Å². The van der Waals surface area contributed by atoms with E-state index in [1.807, 2.05) is 21.1 Å². The average molecular weight is 994 g/mol. The molecule has 0 aliphatic carbocycles. The number of quaternary nitrogens is 1. The molecule has 10 heteroatoms. The van der Waals surface area contributed by atoms with Crippen LogP contribution >= 0.6 is 7.82 Å². The van der Waals surface area contributed by atoms with Gasteiger partial charge in [0.1, 0.15) is 19.8 Å². The zero-order valence-corrected chi connectivity index (χ0v) is 45.8. The van der Waals surface area contributed by atoms with E-state index >= 15 is 0 Å². The van der Waals surface area contributed by atoms with E-state index in [1.54, 1.807) is 0 Å². The number of rotatable bonds is 48. The van der Waals surface area contributed by atoms with E-state index in [-0.39, 0.29) is 26.1 Å². The van der Waals surface area contributed by atoms with Crippen LogP contribution in [-0.2, 0) is 32.7 Å². The molecule has 0 aromatic carbocycles. The fraction of sp³-hybridized carbons (Fsp3) is 0.633.